The van der Waals surface area contributed by atoms with Crippen LogP contribution in [0.4, 0.5) is 8.78 Å². The molecule has 1 aliphatic carbocycles. The molecule has 1 N–H and O–H groups in total. The SMILES string of the molecule is O=C(O)C1(C(F)F)CCN(C2CC2)CC1. The number of hydrogen-bond donors (Lipinski definition) is 1. The highest BCUT2D eigenvalue weighted by molar-refractivity contribution is 5.75. The van der Waals surface area contributed by atoms with E-state index in [4.69, 9.17) is 5.11 Å². The van der Waals surface area contributed by atoms with Crippen LogP contribution >= 0.6 is 0 Å². The molecule has 0 atom stereocenters. The Morgan fingerprint density at radius 2 is 1.87 bits per heavy atom. The summed E-state index contributed by atoms with van der Waals surface area (Å²) in [6.07, 6.45) is -0.326. The maximum atomic E-state index is 12.8. The zero-order valence-electron chi connectivity index (χ0n) is 8.46. The van der Waals surface area contributed by atoms with Gasteiger partial charge < -0.3 is 10.0 Å². The Balaban J connectivity index is 2.01. The summed E-state index contributed by atoms with van der Waals surface area (Å²) in [7, 11) is 0. The van der Waals surface area contributed by atoms with Gasteiger partial charge in [0, 0.05) is 6.04 Å². The van der Waals surface area contributed by atoms with Crippen molar-refractivity contribution in [1.82, 2.24) is 4.90 Å². The predicted octanol–water partition coefficient (Wildman–Crippen LogP) is 1.58. The minimum atomic E-state index is -2.75. The molecule has 1 heterocycles. The normalized spacial score (nSPS) is 26.9. The second kappa shape index (κ2) is 3.70. The average molecular weight is 219 g/mol. The molecule has 3 nitrogen and oxygen atoms in total. The smallest absolute Gasteiger partial charge is 0.315 e. The fourth-order valence-corrected chi connectivity index (χ4v) is 2.25. The van der Waals surface area contributed by atoms with Crippen molar-refractivity contribution >= 4 is 5.97 Å². The second-order valence-corrected chi connectivity index (χ2v) is 4.53. The van der Waals surface area contributed by atoms with Crippen molar-refractivity contribution in [1.29, 1.82) is 0 Å². The Kier molecular flexibility index (Phi) is 2.66. The van der Waals surface area contributed by atoms with Crippen LogP contribution in [0.1, 0.15) is 25.7 Å². The Morgan fingerprint density at radius 1 is 1.33 bits per heavy atom. The van der Waals surface area contributed by atoms with Crippen LogP contribution in [0.5, 0.6) is 0 Å². The maximum absolute atomic E-state index is 12.8. The van der Waals surface area contributed by atoms with Crippen LogP contribution in [-0.2, 0) is 4.79 Å². The summed E-state index contributed by atoms with van der Waals surface area (Å²) >= 11 is 0. The van der Waals surface area contributed by atoms with Gasteiger partial charge in [0.2, 0.25) is 0 Å². The standard InChI is InChI=1S/C10H15F2NO2/c11-8(12)10(9(14)15)3-5-13(6-4-10)7-1-2-7/h7-8H,1-6H2,(H,14,15). The number of halogens is 2. The summed E-state index contributed by atoms with van der Waals surface area (Å²) in [5.74, 6) is -1.34. The molecule has 15 heavy (non-hydrogen) atoms. The molecule has 0 radical (unpaired) electrons. The summed E-state index contributed by atoms with van der Waals surface area (Å²) < 4.78 is 25.5. The van der Waals surface area contributed by atoms with Gasteiger partial charge in [-0.3, -0.25) is 4.79 Å². The molecule has 1 saturated carbocycles. The van der Waals surface area contributed by atoms with Gasteiger partial charge in [-0.2, -0.15) is 0 Å². The van der Waals surface area contributed by atoms with Crippen molar-refractivity contribution in [3.8, 4) is 0 Å². The molecular weight excluding hydrogens is 204 g/mol. The molecule has 1 aliphatic heterocycles. The van der Waals surface area contributed by atoms with Crippen LogP contribution in [0.15, 0.2) is 0 Å². The topological polar surface area (TPSA) is 40.5 Å². The first kappa shape index (κ1) is 10.8. The lowest BCUT2D eigenvalue weighted by atomic mass is 9.78. The Bertz CT molecular complexity index is 258. The number of carboxylic acid groups (broad SMARTS) is 1. The fourth-order valence-electron chi connectivity index (χ4n) is 2.25. The summed E-state index contributed by atoms with van der Waals surface area (Å²) in [4.78, 5) is 13.1. The lowest BCUT2D eigenvalue weighted by Crippen LogP contribution is -2.48. The molecule has 5 heteroatoms. The van der Waals surface area contributed by atoms with Gasteiger partial charge in [-0.1, -0.05) is 0 Å². The third kappa shape index (κ3) is 1.85. The van der Waals surface area contributed by atoms with E-state index in [1.807, 2.05) is 0 Å². The highest BCUT2D eigenvalue weighted by Gasteiger charge is 2.50. The lowest BCUT2D eigenvalue weighted by Gasteiger charge is -2.38. The number of alkyl halides is 2. The third-order valence-electron chi connectivity index (χ3n) is 3.60. The Morgan fingerprint density at radius 3 is 2.20 bits per heavy atom. The van der Waals surface area contributed by atoms with Gasteiger partial charge in [0.25, 0.3) is 6.43 Å². The maximum Gasteiger partial charge on any atom is 0.315 e. The molecule has 0 aromatic rings. The first-order valence-corrected chi connectivity index (χ1v) is 5.32. The molecule has 0 aromatic heterocycles. The Labute approximate surface area is 87.1 Å². The number of rotatable bonds is 3. The van der Waals surface area contributed by atoms with Crippen molar-refractivity contribution in [2.75, 3.05) is 13.1 Å². The van der Waals surface area contributed by atoms with Crippen LogP contribution in [-0.4, -0.2) is 41.5 Å². The Hall–Kier alpha value is -0.710. The molecular formula is C10H15F2NO2. The van der Waals surface area contributed by atoms with Gasteiger partial charge in [0.05, 0.1) is 0 Å². The summed E-state index contributed by atoms with van der Waals surface area (Å²) in [5.41, 5.74) is -1.79. The van der Waals surface area contributed by atoms with Crippen molar-refractivity contribution in [3.05, 3.63) is 0 Å². The monoisotopic (exact) mass is 219 g/mol. The highest BCUT2D eigenvalue weighted by Crippen LogP contribution is 2.40. The van der Waals surface area contributed by atoms with E-state index in [0.717, 1.165) is 12.8 Å². The second-order valence-electron chi connectivity index (χ2n) is 4.53. The van der Waals surface area contributed by atoms with Crippen molar-refractivity contribution in [2.24, 2.45) is 5.41 Å². The van der Waals surface area contributed by atoms with Crippen molar-refractivity contribution in [3.63, 3.8) is 0 Å². The fraction of sp³-hybridized carbons (Fsp3) is 0.900. The minimum absolute atomic E-state index is 0.0799. The van der Waals surface area contributed by atoms with E-state index in [2.05, 4.69) is 4.90 Å². The van der Waals surface area contributed by atoms with E-state index in [1.54, 1.807) is 0 Å². The molecule has 2 aliphatic rings. The minimum Gasteiger partial charge on any atom is -0.481 e. The van der Waals surface area contributed by atoms with Crippen LogP contribution < -0.4 is 0 Å². The first-order valence-electron chi connectivity index (χ1n) is 5.32. The van der Waals surface area contributed by atoms with E-state index in [0.29, 0.717) is 19.1 Å². The first-order chi connectivity index (χ1) is 7.06. The molecule has 0 amide bonds. The molecule has 0 spiro atoms. The van der Waals surface area contributed by atoms with Gasteiger partial charge in [-0.15, -0.1) is 0 Å². The number of likely N-dealkylation sites (tertiary alicyclic amines) is 1. The number of nitrogens with zero attached hydrogens (tertiary/aromatic N) is 1. The number of piperidine rings is 1. The molecule has 0 unspecified atom stereocenters. The molecule has 0 bridgehead atoms. The van der Waals surface area contributed by atoms with Crippen LogP contribution in [0.3, 0.4) is 0 Å². The van der Waals surface area contributed by atoms with E-state index >= 15 is 0 Å². The van der Waals surface area contributed by atoms with Gasteiger partial charge in [0.1, 0.15) is 5.41 Å². The quantitative estimate of drug-likeness (QED) is 0.783. The highest BCUT2D eigenvalue weighted by atomic mass is 19.3. The van der Waals surface area contributed by atoms with Gasteiger partial charge in [-0.25, -0.2) is 8.78 Å². The molecule has 2 fully saturated rings. The van der Waals surface area contributed by atoms with E-state index in [1.165, 1.54) is 0 Å². The van der Waals surface area contributed by atoms with Crippen LogP contribution in [0, 0.1) is 5.41 Å². The zero-order valence-corrected chi connectivity index (χ0v) is 8.46. The van der Waals surface area contributed by atoms with Crippen LogP contribution in [0.2, 0.25) is 0 Å². The number of hydrogen-bond acceptors (Lipinski definition) is 2. The largest absolute Gasteiger partial charge is 0.481 e. The van der Waals surface area contributed by atoms with E-state index in [9.17, 15) is 13.6 Å². The van der Waals surface area contributed by atoms with E-state index < -0.39 is 17.8 Å². The summed E-state index contributed by atoms with van der Waals surface area (Å²) in [5, 5.41) is 8.90. The number of carboxylic acids is 1. The zero-order chi connectivity index (χ0) is 11.1. The molecule has 2 rings (SSSR count). The van der Waals surface area contributed by atoms with Crippen LogP contribution in [0.25, 0.3) is 0 Å². The molecule has 1 saturated heterocycles. The third-order valence-corrected chi connectivity index (χ3v) is 3.60. The summed E-state index contributed by atoms with van der Waals surface area (Å²) in [6.45, 7) is 1.00. The number of carbonyl (C=O) groups is 1. The number of aliphatic carboxylic acids is 1. The van der Waals surface area contributed by atoms with Gasteiger partial charge >= 0.3 is 5.97 Å². The van der Waals surface area contributed by atoms with Crippen molar-refractivity contribution < 1.29 is 18.7 Å². The molecule has 86 valence electrons. The van der Waals surface area contributed by atoms with Crippen molar-refractivity contribution in [2.45, 2.75) is 38.2 Å². The van der Waals surface area contributed by atoms with Gasteiger partial charge in [0.15, 0.2) is 0 Å². The van der Waals surface area contributed by atoms with Gasteiger partial charge in [-0.05, 0) is 38.8 Å². The lowest BCUT2D eigenvalue weighted by molar-refractivity contribution is -0.165. The summed E-state index contributed by atoms with van der Waals surface area (Å²) in [6, 6.07) is 0.537. The van der Waals surface area contributed by atoms with E-state index in [-0.39, 0.29) is 12.8 Å². The predicted molar refractivity (Wildman–Crippen MR) is 49.9 cm³/mol. The average Bonchev–Trinajstić information content (AvgIpc) is 3.00. The molecule has 0 aromatic carbocycles.